The van der Waals surface area contributed by atoms with Crippen LogP contribution in [0.2, 0.25) is 5.02 Å². The largest absolute Gasteiger partial charge is 0.324 e. The quantitative estimate of drug-likeness (QED) is 0.872. The molecule has 1 aliphatic rings. The number of nitrogens with one attached hydrogen (secondary N) is 1. The minimum Gasteiger partial charge on any atom is -0.324 e. The first-order valence-electron chi connectivity index (χ1n) is 7.04. The Morgan fingerprint density at radius 1 is 1.23 bits per heavy atom. The summed E-state index contributed by atoms with van der Waals surface area (Å²) in [6.07, 6.45) is 0.251. The summed E-state index contributed by atoms with van der Waals surface area (Å²) in [7, 11) is 0. The maximum atomic E-state index is 12.9. The van der Waals surface area contributed by atoms with Gasteiger partial charge in [-0.1, -0.05) is 29.8 Å². The Morgan fingerprint density at radius 2 is 2.00 bits per heavy atom. The average molecular weight is 315 g/mol. The molecule has 1 N–H and O–H groups in total. The summed E-state index contributed by atoms with van der Waals surface area (Å²) in [5, 5.41) is 3.35. The molecule has 112 valence electrons. The van der Waals surface area contributed by atoms with Crippen molar-refractivity contribution in [2.24, 2.45) is 0 Å². The Kier molecular flexibility index (Phi) is 3.86. The van der Waals surface area contributed by atoms with Gasteiger partial charge in [-0.2, -0.15) is 0 Å². The molecule has 1 atom stereocenters. The van der Waals surface area contributed by atoms with E-state index in [0.29, 0.717) is 22.0 Å². The zero-order chi connectivity index (χ0) is 15.7. The van der Waals surface area contributed by atoms with Gasteiger partial charge >= 0.3 is 0 Å². The molecule has 0 aliphatic carbocycles. The molecule has 0 fully saturated rings. The molecule has 1 heterocycles. The Labute approximate surface area is 133 Å². The number of benzene rings is 2. The molecule has 0 saturated heterocycles. The lowest BCUT2D eigenvalue weighted by molar-refractivity contribution is -0.116. The predicted octanol–water partition coefficient (Wildman–Crippen LogP) is 3.72. The van der Waals surface area contributed by atoms with Gasteiger partial charge in [0, 0.05) is 23.0 Å². The van der Waals surface area contributed by atoms with E-state index >= 15 is 0 Å². The number of hydrogen-bond donors (Lipinski definition) is 1. The third-order valence-corrected chi connectivity index (χ3v) is 3.88. The first-order chi connectivity index (χ1) is 10.6. The number of carbonyl (C=O) groups is 2. The Balaban J connectivity index is 2.08. The van der Waals surface area contributed by atoms with Crippen LogP contribution in [0.4, 0.5) is 11.4 Å². The van der Waals surface area contributed by atoms with E-state index in [1.54, 1.807) is 35.2 Å². The van der Waals surface area contributed by atoms with Crippen LogP contribution in [0.25, 0.3) is 0 Å². The molecule has 0 saturated carbocycles. The fourth-order valence-electron chi connectivity index (χ4n) is 2.66. The van der Waals surface area contributed by atoms with Gasteiger partial charge in [0.25, 0.3) is 5.91 Å². The number of anilines is 2. The van der Waals surface area contributed by atoms with Gasteiger partial charge in [-0.25, -0.2) is 0 Å². The van der Waals surface area contributed by atoms with Crippen molar-refractivity contribution in [1.29, 1.82) is 0 Å². The molecule has 0 radical (unpaired) electrons. The molecular weight excluding hydrogens is 300 g/mol. The van der Waals surface area contributed by atoms with Crippen molar-refractivity contribution < 1.29 is 9.59 Å². The number of hydrogen-bond acceptors (Lipinski definition) is 2. The predicted molar refractivity (Wildman–Crippen MR) is 87.4 cm³/mol. The van der Waals surface area contributed by atoms with Gasteiger partial charge < -0.3 is 10.2 Å². The molecule has 0 unspecified atom stereocenters. The van der Waals surface area contributed by atoms with Gasteiger partial charge in [-0.3, -0.25) is 9.59 Å². The summed E-state index contributed by atoms with van der Waals surface area (Å²) in [4.78, 5) is 26.5. The number of para-hydroxylation sites is 2. The van der Waals surface area contributed by atoms with Crippen LogP contribution in [0, 0.1) is 0 Å². The van der Waals surface area contributed by atoms with Crippen molar-refractivity contribution in [3.8, 4) is 0 Å². The maximum Gasteiger partial charge on any atom is 0.258 e. The van der Waals surface area contributed by atoms with Crippen molar-refractivity contribution in [3.05, 3.63) is 59.1 Å². The van der Waals surface area contributed by atoms with E-state index in [1.165, 1.54) is 0 Å². The molecule has 0 aromatic heterocycles. The molecule has 3 rings (SSSR count). The second-order valence-electron chi connectivity index (χ2n) is 5.30. The standard InChI is InChI=1S/C17H15ClN2O2/c1-11-9-16(21)19-14-7-2-3-8-15(14)20(11)17(22)12-5-4-6-13(18)10-12/h2-8,10-11H,9H2,1H3,(H,19,21)/t11-/m0/s1. The lowest BCUT2D eigenvalue weighted by Gasteiger charge is -2.28. The lowest BCUT2D eigenvalue weighted by Crippen LogP contribution is -2.39. The highest BCUT2D eigenvalue weighted by Gasteiger charge is 2.30. The molecule has 0 spiro atoms. The van der Waals surface area contributed by atoms with E-state index in [-0.39, 0.29) is 24.3 Å². The van der Waals surface area contributed by atoms with Crippen LogP contribution in [0.15, 0.2) is 48.5 Å². The minimum absolute atomic E-state index is 0.0960. The van der Waals surface area contributed by atoms with E-state index < -0.39 is 0 Å². The van der Waals surface area contributed by atoms with Crippen molar-refractivity contribution >= 4 is 34.8 Å². The van der Waals surface area contributed by atoms with Crippen LogP contribution in [0.5, 0.6) is 0 Å². The van der Waals surface area contributed by atoms with Gasteiger partial charge in [0.2, 0.25) is 5.91 Å². The third kappa shape index (κ3) is 2.70. The fourth-order valence-corrected chi connectivity index (χ4v) is 2.85. The molecule has 1 aliphatic heterocycles. The highest BCUT2D eigenvalue weighted by atomic mass is 35.5. The topological polar surface area (TPSA) is 49.4 Å². The normalized spacial score (nSPS) is 17.5. The van der Waals surface area contributed by atoms with Crippen LogP contribution >= 0.6 is 11.6 Å². The average Bonchev–Trinajstić information content (AvgIpc) is 2.61. The summed E-state index contributed by atoms with van der Waals surface area (Å²) in [6, 6.07) is 13.9. The second kappa shape index (κ2) is 5.81. The van der Waals surface area contributed by atoms with Gasteiger partial charge in [0.05, 0.1) is 11.4 Å². The summed E-state index contributed by atoms with van der Waals surface area (Å²) >= 11 is 5.98. The first-order valence-corrected chi connectivity index (χ1v) is 7.42. The summed E-state index contributed by atoms with van der Waals surface area (Å²) in [6.45, 7) is 1.87. The number of nitrogens with zero attached hydrogens (tertiary/aromatic N) is 1. The van der Waals surface area contributed by atoms with E-state index in [4.69, 9.17) is 11.6 Å². The van der Waals surface area contributed by atoms with Gasteiger partial charge in [-0.15, -0.1) is 0 Å². The molecule has 5 heteroatoms. The summed E-state index contributed by atoms with van der Waals surface area (Å²) in [5.41, 5.74) is 1.85. The summed E-state index contributed by atoms with van der Waals surface area (Å²) < 4.78 is 0. The van der Waals surface area contributed by atoms with Gasteiger partial charge in [0.1, 0.15) is 0 Å². The Bertz CT molecular complexity index is 745. The number of amides is 2. The fraction of sp³-hybridized carbons (Fsp3) is 0.176. The van der Waals surface area contributed by atoms with Crippen molar-refractivity contribution in [2.75, 3.05) is 10.2 Å². The number of fused-ring (bicyclic) bond motifs is 1. The van der Waals surface area contributed by atoms with Crippen LogP contribution < -0.4 is 10.2 Å². The number of carbonyl (C=O) groups excluding carboxylic acids is 2. The highest BCUT2D eigenvalue weighted by Crippen LogP contribution is 2.32. The summed E-state index contributed by atoms with van der Waals surface area (Å²) in [5.74, 6) is -0.264. The molecular formula is C17H15ClN2O2. The van der Waals surface area contributed by atoms with Crippen LogP contribution in [-0.2, 0) is 4.79 Å². The van der Waals surface area contributed by atoms with Crippen LogP contribution in [-0.4, -0.2) is 17.9 Å². The first kappa shape index (κ1) is 14.6. The van der Waals surface area contributed by atoms with Gasteiger partial charge in [-0.05, 0) is 37.3 Å². The van der Waals surface area contributed by atoms with Crippen molar-refractivity contribution in [1.82, 2.24) is 0 Å². The van der Waals surface area contributed by atoms with E-state index in [9.17, 15) is 9.59 Å². The van der Waals surface area contributed by atoms with Crippen LogP contribution in [0.3, 0.4) is 0 Å². The zero-order valence-corrected chi connectivity index (χ0v) is 12.8. The smallest absolute Gasteiger partial charge is 0.258 e. The molecule has 2 aromatic rings. The lowest BCUT2D eigenvalue weighted by atomic mass is 10.1. The number of halogens is 1. The van der Waals surface area contributed by atoms with Crippen LogP contribution in [0.1, 0.15) is 23.7 Å². The third-order valence-electron chi connectivity index (χ3n) is 3.65. The maximum absolute atomic E-state index is 12.9. The van der Waals surface area contributed by atoms with E-state index in [2.05, 4.69) is 5.32 Å². The number of rotatable bonds is 1. The Hall–Kier alpha value is -2.33. The van der Waals surface area contributed by atoms with Crippen molar-refractivity contribution in [2.45, 2.75) is 19.4 Å². The molecule has 4 nitrogen and oxygen atoms in total. The molecule has 2 aromatic carbocycles. The second-order valence-corrected chi connectivity index (χ2v) is 5.74. The molecule has 22 heavy (non-hydrogen) atoms. The van der Waals surface area contributed by atoms with E-state index in [1.807, 2.05) is 25.1 Å². The van der Waals surface area contributed by atoms with E-state index in [0.717, 1.165) is 0 Å². The SMILES string of the molecule is C[C@H]1CC(=O)Nc2ccccc2N1C(=O)c1cccc(Cl)c1. The minimum atomic E-state index is -0.241. The van der Waals surface area contributed by atoms with Crippen molar-refractivity contribution in [3.63, 3.8) is 0 Å². The monoisotopic (exact) mass is 314 g/mol. The highest BCUT2D eigenvalue weighted by molar-refractivity contribution is 6.31. The Morgan fingerprint density at radius 3 is 2.77 bits per heavy atom. The molecule has 2 amide bonds. The molecule has 0 bridgehead atoms. The van der Waals surface area contributed by atoms with Gasteiger partial charge in [0.15, 0.2) is 0 Å². The zero-order valence-electron chi connectivity index (χ0n) is 12.0.